The zero-order chi connectivity index (χ0) is 18.5. The molecule has 0 bridgehead atoms. The molecule has 0 unspecified atom stereocenters. The quantitative estimate of drug-likeness (QED) is 0.850. The van der Waals surface area contributed by atoms with Crippen LogP contribution in [-0.2, 0) is 11.2 Å². The predicted molar refractivity (Wildman–Crippen MR) is 101 cm³/mol. The molecule has 1 N–H and O–H groups in total. The topological polar surface area (TPSA) is 82.5 Å². The van der Waals surface area contributed by atoms with Crippen molar-refractivity contribution >= 4 is 17.6 Å². The summed E-state index contributed by atoms with van der Waals surface area (Å²) in [4.78, 5) is 28.6. The highest BCUT2D eigenvalue weighted by Crippen LogP contribution is 2.24. The smallest absolute Gasteiger partial charge is 0.306 e. The number of nitrogens with zero attached hydrogens (tertiary/aromatic N) is 5. The van der Waals surface area contributed by atoms with E-state index in [9.17, 15) is 4.79 Å². The van der Waals surface area contributed by atoms with Gasteiger partial charge in [0.15, 0.2) is 0 Å². The number of aryl methyl sites for hydroxylation is 1. The molecule has 0 atom stereocenters. The molecule has 3 heterocycles. The fourth-order valence-electron chi connectivity index (χ4n) is 3.21. The maximum Gasteiger partial charge on any atom is 0.306 e. The monoisotopic (exact) mass is 355 g/mol. The Balaban J connectivity index is 1.66. The molecule has 7 heteroatoms. The molecular formula is C19H25N5O2. The molecule has 0 radical (unpaired) electrons. The molecule has 1 aliphatic rings. The van der Waals surface area contributed by atoms with E-state index in [0.29, 0.717) is 25.9 Å². The fourth-order valence-corrected chi connectivity index (χ4v) is 3.21. The molecule has 2 aromatic rings. The van der Waals surface area contributed by atoms with E-state index in [2.05, 4.69) is 24.8 Å². The van der Waals surface area contributed by atoms with E-state index in [-0.39, 0.29) is 5.92 Å². The van der Waals surface area contributed by atoms with Gasteiger partial charge in [0, 0.05) is 45.1 Å². The largest absolute Gasteiger partial charge is 0.481 e. The van der Waals surface area contributed by atoms with Crippen molar-refractivity contribution in [2.75, 3.05) is 36.5 Å². The Morgan fingerprint density at radius 2 is 1.96 bits per heavy atom. The number of rotatable bonds is 6. The molecule has 7 nitrogen and oxygen atoms in total. The highest BCUT2D eigenvalue weighted by Gasteiger charge is 2.25. The van der Waals surface area contributed by atoms with Crippen LogP contribution in [0.2, 0.25) is 0 Å². The van der Waals surface area contributed by atoms with Gasteiger partial charge in [0.05, 0.1) is 5.92 Å². The van der Waals surface area contributed by atoms with Crippen molar-refractivity contribution in [3.8, 4) is 0 Å². The molecule has 1 saturated heterocycles. The third-order valence-corrected chi connectivity index (χ3v) is 4.86. The van der Waals surface area contributed by atoms with E-state index < -0.39 is 5.97 Å². The first-order valence-electron chi connectivity index (χ1n) is 8.96. The molecule has 1 fully saturated rings. The summed E-state index contributed by atoms with van der Waals surface area (Å²) >= 11 is 0. The Morgan fingerprint density at radius 3 is 2.62 bits per heavy atom. The Labute approximate surface area is 153 Å². The van der Waals surface area contributed by atoms with Crippen LogP contribution in [0, 0.1) is 12.8 Å². The van der Waals surface area contributed by atoms with Crippen LogP contribution >= 0.6 is 0 Å². The van der Waals surface area contributed by atoms with Crippen LogP contribution < -0.4 is 9.80 Å². The van der Waals surface area contributed by atoms with Crippen molar-refractivity contribution in [1.82, 2.24) is 15.0 Å². The van der Waals surface area contributed by atoms with Gasteiger partial charge in [-0.25, -0.2) is 9.97 Å². The van der Waals surface area contributed by atoms with Crippen molar-refractivity contribution in [3.05, 3.63) is 42.0 Å². The van der Waals surface area contributed by atoms with Gasteiger partial charge >= 0.3 is 5.97 Å². The molecule has 0 spiro atoms. The predicted octanol–water partition coefficient (Wildman–Crippen LogP) is 2.16. The van der Waals surface area contributed by atoms with E-state index >= 15 is 0 Å². The first kappa shape index (κ1) is 18.1. The minimum Gasteiger partial charge on any atom is -0.481 e. The van der Waals surface area contributed by atoms with Crippen LogP contribution in [0.1, 0.15) is 24.2 Å². The highest BCUT2D eigenvalue weighted by molar-refractivity contribution is 5.70. The lowest BCUT2D eigenvalue weighted by Crippen LogP contribution is -2.37. The van der Waals surface area contributed by atoms with E-state index in [1.165, 1.54) is 5.56 Å². The maximum absolute atomic E-state index is 11.1. The van der Waals surface area contributed by atoms with Gasteiger partial charge in [-0.3, -0.25) is 9.78 Å². The fraction of sp³-hybridized carbons (Fsp3) is 0.474. The molecule has 0 aliphatic carbocycles. The average molecular weight is 355 g/mol. The number of anilines is 2. The zero-order valence-corrected chi connectivity index (χ0v) is 15.3. The van der Waals surface area contributed by atoms with E-state index in [1.54, 1.807) is 0 Å². The minimum atomic E-state index is -0.694. The summed E-state index contributed by atoms with van der Waals surface area (Å²) in [5.74, 6) is 1.57. The number of carboxylic acid groups (broad SMARTS) is 1. The summed E-state index contributed by atoms with van der Waals surface area (Å²) in [5.41, 5.74) is 1.24. The minimum absolute atomic E-state index is 0.239. The molecule has 3 rings (SSSR count). The Bertz CT molecular complexity index is 745. The zero-order valence-electron chi connectivity index (χ0n) is 15.3. The number of aromatic nitrogens is 3. The van der Waals surface area contributed by atoms with Crippen LogP contribution in [0.4, 0.5) is 11.6 Å². The van der Waals surface area contributed by atoms with E-state index in [4.69, 9.17) is 5.11 Å². The van der Waals surface area contributed by atoms with Crippen LogP contribution in [0.25, 0.3) is 0 Å². The van der Waals surface area contributed by atoms with Gasteiger partial charge in [-0.05, 0) is 43.9 Å². The normalized spacial score (nSPS) is 15.1. The molecule has 0 amide bonds. The van der Waals surface area contributed by atoms with Gasteiger partial charge < -0.3 is 14.9 Å². The van der Waals surface area contributed by atoms with Crippen LogP contribution in [0.15, 0.2) is 30.6 Å². The summed E-state index contributed by atoms with van der Waals surface area (Å²) in [5, 5.41) is 9.15. The Morgan fingerprint density at radius 1 is 1.27 bits per heavy atom. The van der Waals surface area contributed by atoms with Crippen LogP contribution in [0.5, 0.6) is 0 Å². The van der Waals surface area contributed by atoms with Crippen molar-refractivity contribution in [2.45, 2.75) is 26.2 Å². The van der Waals surface area contributed by atoms with Crippen molar-refractivity contribution in [1.29, 1.82) is 0 Å². The summed E-state index contributed by atoms with van der Waals surface area (Å²) < 4.78 is 0. The summed E-state index contributed by atoms with van der Waals surface area (Å²) in [6, 6.07) is 6.05. The molecular weight excluding hydrogens is 330 g/mol. The number of piperidine rings is 1. The van der Waals surface area contributed by atoms with Crippen molar-refractivity contribution in [3.63, 3.8) is 0 Å². The molecule has 0 saturated carbocycles. The second-order valence-corrected chi connectivity index (χ2v) is 6.76. The average Bonchev–Trinajstić information content (AvgIpc) is 2.66. The molecule has 26 heavy (non-hydrogen) atoms. The lowest BCUT2D eigenvalue weighted by atomic mass is 9.97. The second-order valence-electron chi connectivity index (χ2n) is 6.76. The van der Waals surface area contributed by atoms with Gasteiger partial charge in [0.25, 0.3) is 0 Å². The molecule has 138 valence electrons. The third kappa shape index (κ3) is 4.47. The standard InChI is InChI=1S/C19H25N5O2/c1-14-21-17(23(2)10-5-15-3-8-20-9-4-15)13-18(22-14)24-11-6-16(7-12-24)19(25)26/h3-4,8-9,13,16H,5-7,10-12H2,1-2H3,(H,25,26). The van der Waals surface area contributed by atoms with Crippen molar-refractivity contribution < 1.29 is 9.90 Å². The molecule has 0 aromatic carbocycles. The molecule has 2 aromatic heterocycles. The summed E-state index contributed by atoms with van der Waals surface area (Å²) in [7, 11) is 2.03. The van der Waals surface area contributed by atoms with Crippen LogP contribution in [0.3, 0.4) is 0 Å². The number of aliphatic carboxylic acids is 1. The number of likely N-dealkylation sites (N-methyl/N-ethyl adjacent to an activating group) is 1. The Hall–Kier alpha value is -2.70. The number of pyridine rings is 1. The van der Waals surface area contributed by atoms with Gasteiger partial charge in [0.1, 0.15) is 17.5 Å². The lowest BCUT2D eigenvalue weighted by molar-refractivity contribution is -0.142. The molecule has 1 aliphatic heterocycles. The Kier molecular flexibility index (Phi) is 5.65. The first-order chi connectivity index (χ1) is 12.5. The van der Waals surface area contributed by atoms with Gasteiger partial charge in [-0.15, -0.1) is 0 Å². The number of carboxylic acids is 1. The third-order valence-electron chi connectivity index (χ3n) is 4.86. The number of carbonyl (C=O) groups is 1. The SMILES string of the molecule is Cc1nc(N(C)CCc2ccncc2)cc(N2CCC(C(=O)O)CC2)n1. The van der Waals surface area contributed by atoms with Gasteiger partial charge in [0.2, 0.25) is 0 Å². The van der Waals surface area contributed by atoms with E-state index in [0.717, 1.165) is 30.4 Å². The maximum atomic E-state index is 11.1. The van der Waals surface area contributed by atoms with Crippen molar-refractivity contribution in [2.24, 2.45) is 5.92 Å². The number of hydrogen-bond donors (Lipinski definition) is 1. The summed E-state index contributed by atoms with van der Waals surface area (Å²) in [6.45, 7) is 4.18. The van der Waals surface area contributed by atoms with Gasteiger partial charge in [-0.1, -0.05) is 0 Å². The van der Waals surface area contributed by atoms with E-state index in [1.807, 2.05) is 44.6 Å². The second kappa shape index (κ2) is 8.12. The first-order valence-corrected chi connectivity index (χ1v) is 8.96. The highest BCUT2D eigenvalue weighted by atomic mass is 16.4. The van der Waals surface area contributed by atoms with Crippen LogP contribution in [-0.4, -0.2) is 52.7 Å². The number of hydrogen-bond acceptors (Lipinski definition) is 6. The summed E-state index contributed by atoms with van der Waals surface area (Å²) in [6.07, 6.45) is 5.85. The lowest BCUT2D eigenvalue weighted by Gasteiger charge is -2.31. The van der Waals surface area contributed by atoms with Gasteiger partial charge in [-0.2, -0.15) is 0 Å².